The van der Waals surface area contributed by atoms with E-state index < -0.39 is 0 Å². The van der Waals surface area contributed by atoms with Crippen molar-refractivity contribution in [3.63, 3.8) is 0 Å². The monoisotopic (exact) mass is 268 g/mol. The van der Waals surface area contributed by atoms with Gasteiger partial charge in [0.1, 0.15) is 5.82 Å². The molecule has 0 spiro atoms. The molecule has 5 heteroatoms. The SMILES string of the molecule is Cc1ccc2c(=O)[nH]c(-c3ccc(O)c(O)c3)nc2c1. The van der Waals surface area contributed by atoms with E-state index in [9.17, 15) is 15.0 Å². The van der Waals surface area contributed by atoms with Crippen LogP contribution in [0.15, 0.2) is 41.2 Å². The summed E-state index contributed by atoms with van der Waals surface area (Å²) in [6, 6.07) is 9.70. The Bertz CT molecular complexity index is 869. The maximum Gasteiger partial charge on any atom is 0.259 e. The van der Waals surface area contributed by atoms with Crippen molar-refractivity contribution in [2.24, 2.45) is 0 Å². The summed E-state index contributed by atoms with van der Waals surface area (Å²) in [6.45, 7) is 1.92. The number of H-pyrrole nitrogens is 1. The third-order valence-corrected chi connectivity index (χ3v) is 3.11. The van der Waals surface area contributed by atoms with Crippen molar-refractivity contribution in [1.29, 1.82) is 0 Å². The Hall–Kier alpha value is -2.82. The first-order chi connectivity index (χ1) is 9.54. The Balaban J connectivity index is 2.26. The molecule has 3 N–H and O–H groups in total. The molecule has 3 rings (SSSR count). The number of fused-ring (bicyclic) bond motifs is 1. The van der Waals surface area contributed by atoms with Crippen LogP contribution in [-0.4, -0.2) is 20.2 Å². The lowest BCUT2D eigenvalue weighted by molar-refractivity contribution is 0.404. The number of aromatic amines is 1. The van der Waals surface area contributed by atoms with E-state index in [1.165, 1.54) is 12.1 Å². The van der Waals surface area contributed by atoms with Gasteiger partial charge in [-0.05, 0) is 42.8 Å². The summed E-state index contributed by atoms with van der Waals surface area (Å²) in [5.41, 5.74) is 1.89. The van der Waals surface area contributed by atoms with Gasteiger partial charge in [0.05, 0.1) is 10.9 Å². The van der Waals surface area contributed by atoms with Crippen molar-refractivity contribution < 1.29 is 10.2 Å². The zero-order valence-electron chi connectivity index (χ0n) is 10.7. The molecular formula is C15H12N2O3. The summed E-state index contributed by atoms with van der Waals surface area (Å²) in [5, 5.41) is 19.3. The fourth-order valence-corrected chi connectivity index (χ4v) is 2.06. The first kappa shape index (κ1) is 12.2. The number of rotatable bonds is 1. The number of hydrogen-bond acceptors (Lipinski definition) is 4. The van der Waals surface area contributed by atoms with Crippen LogP contribution in [0, 0.1) is 6.92 Å². The van der Waals surface area contributed by atoms with Gasteiger partial charge in [0.25, 0.3) is 5.56 Å². The molecule has 0 bridgehead atoms. The highest BCUT2D eigenvalue weighted by atomic mass is 16.3. The highest BCUT2D eigenvalue weighted by molar-refractivity contribution is 5.80. The topological polar surface area (TPSA) is 86.2 Å². The molecule has 5 nitrogen and oxygen atoms in total. The molecule has 3 aromatic rings. The van der Waals surface area contributed by atoms with Crippen molar-refractivity contribution in [2.75, 3.05) is 0 Å². The average molecular weight is 268 g/mol. The minimum atomic E-state index is -0.255. The van der Waals surface area contributed by atoms with E-state index in [0.717, 1.165) is 5.56 Å². The highest BCUT2D eigenvalue weighted by Crippen LogP contribution is 2.29. The zero-order valence-corrected chi connectivity index (χ0v) is 10.7. The summed E-state index contributed by atoms with van der Waals surface area (Å²) in [5.74, 6) is -0.120. The van der Waals surface area contributed by atoms with Crippen LogP contribution in [0.25, 0.3) is 22.3 Å². The van der Waals surface area contributed by atoms with Crippen LogP contribution < -0.4 is 5.56 Å². The van der Waals surface area contributed by atoms with Gasteiger partial charge in [-0.25, -0.2) is 4.98 Å². The van der Waals surface area contributed by atoms with Gasteiger partial charge in [-0.2, -0.15) is 0 Å². The first-order valence-electron chi connectivity index (χ1n) is 6.07. The molecule has 0 aliphatic carbocycles. The zero-order chi connectivity index (χ0) is 14.3. The Morgan fingerprint density at radius 2 is 1.85 bits per heavy atom. The summed E-state index contributed by atoms with van der Waals surface area (Å²) in [7, 11) is 0. The standard InChI is InChI=1S/C15H12N2O3/c1-8-2-4-10-11(6-8)16-14(17-15(10)20)9-3-5-12(18)13(19)7-9/h2-7,18-19H,1H3,(H,16,17,20). The van der Waals surface area contributed by atoms with Crippen molar-refractivity contribution in [3.05, 3.63) is 52.3 Å². The molecule has 0 saturated heterocycles. The highest BCUT2D eigenvalue weighted by Gasteiger charge is 2.08. The van der Waals surface area contributed by atoms with Gasteiger partial charge in [0, 0.05) is 5.56 Å². The van der Waals surface area contributed by atoms with Gasteiger partial charge >= 0.3 is 0 Å². The lowest BCUT2D eigenvalue weighted by atomic mass is 10.1. The number of benzene rings is 2. The molecule has 1 heterocycles. The summed E-state index contributed by atoms with van der Waals surface area (Å²) >= 11 is 0. The predicted molar refractivity (Wildman–Crippen MR) is 75.9 cm³/mol. The molecule has 0 radical (unpaired) electrons. The van der Waals surface area contributed by atoms with E-state index in [-0.39, 0.29) is 17.1 Å². The predicted octanol–water partition coefficient (Wildman–Crippen LogP) is 2.31. The lowest BCUT2D eigenvalue weighted by Gasteiger charge is -2.05. The third-order valence-electron chi connectivity index (χ3n) is 3.11. The van der Waals surface area contributed by atoms with Crippen LogP contribution in [0.4, 0.5) is 0 Å². The van der Waals surface area contributed by atoms with Crippen LogP contribution >= 0.6 is 0 Å². The fourth-order valence-electron chi connectivity index (χ4n) is 2.06. The van der Waals surface area contributed by atoms with Crippen molar-refractivity contribution in [3.8, 4) is 22.9 Å². The van der Waals surface area contributed by atoms with Crippen LogP contribution in [0.3, 0.4) is 0 Å². The molecule has 0 unspecified atom stereocenters. The molecule has 20 heavy (non-hydrogen) atoms. The number of aryl methyl sites for hydroxylation is 1. The lowest BCUT2D eigenvalue weighted by Crippen LogP contribution is -2.09. The van der Waals surface area contributed by atoms with Gasteiger partial charge in [0.2, 0.25) is 0 Å². The number of phenolic OH excluding ortho intramolecular Hbond substituents is 2. The van der Waals surface area contributed by atoms with Crippen LogP contribution in [-0.2, 0) is 0 Å². The normalized spacial score (nSPS) is 10.8. The Labute approximate surface area is 114 Å². The third kappa shape index (κ3) is 1.99. The Morgan fingerprint density at radius 1 is 1.05 bits per heavy atom. The van der Waals surface area contributed by atoms with Gasteiger partial charge < -0.3 is 15.2 Å². The number of hydrogen-bond donors (Lipinski definition) is 3. The number of nitrogens with one attached hydrogen (secondary N) is 1. The maximum atomic E-state index is 12.0. The quantitative estimate of drug-likeness (QED) is 0.591. The molecule has 1 aromatic heterocycles. The van der Waals surface area contributed by atoms with Gasteiger partial charge in [-0.15, -0.1) is 0 Å². The first-order valence-corrected chi connectivity index (χ1v) is 6.07. The minimum absolute atomic E-state index is 0.215. The van der Waals surface area contributed by atoms with Crippen LogP contribution in [0.1, 0.15) is 5.56 Å². The molecular weight excluding hydrogens is 256 g/mol. The second-order valence-electron chi connectivity index (χ2n) is 4.64. The number of aromatic hydroxyl groups is 2. The Morgan fingerprint density at radius 3 is 2.60 bits per heavy atom. The van der Waals surface area contributed by atoms with E-state index in [1.807, 2.05) is 19.1 Å². The van der Waals surface area contributed by atoms with Crippen molar-refractivity contribution >= 4 is 10.9 Å². The van der Waals surface area contributed by atoms with E-state index in [2.05, 4.69) is 9.97 Å². The molecule has 0 atom stereocenters. The second-order valence-corrected chi connectivity index (χ2v) is 4.64. The second kappa shape index (κ2) is 4.38. The fraction of sp³-hybridized carbons (Fsp3) is 0.0667. The van der Waals surface area contributed by atoms with E-state index in [1.54, 1.807) is 12.1 Å². The van der Waals surface area contributed by atoms with Crippen LogP contribution in [0.2, 0.25) is 0 Å². The van der Waals surface area contributed by atoms with Gasteiger partial charge in [0.15, 0.2) is 11.5 Å². The molecule has 0 aliphatic heterocycles. The van der Waals surface area contributed by atoms with E-state index >= 15 is 0 Å². The molecule has 100 valence electrons. The Kier molecular flexibility index (Phi) is 2.68. The van der Waals surface area contributed by atoms with Crippen molar-refractivity contribution in [1.82, 2.24) is 9.97 Å². The summed E-state index contributed by atoms with van der Waals surface area (Å²) in [6.07, 6.45) is 0. The van der Waals surface area contributed by atoms with Gasteiger partial charge in [-0.3, -0.25) is 4.79 Å². The van der Waals surface area contributed by atoms with Crippen molar-refractivity contribution in [2.45, 2.75) is 6.92 Å². The van der Waals surface area contributed by atoms with Crippen LogP contribution in [0.5, 0.6) is 11.5 Å². The molecule has 0 amide bonds. The molecule has 0 fully saturated rings. The van der Waals surface area contributed by atoms with E-state index in [0.29, 0.717) is 22.3 Å². The van der Waals surface area contributed by atoms with E-state index in [4.69, 9.17) is 0 Å². The largest absolute Gasteiger partial charge is 0.504 e. The summed E-state index contributed by atoms with van der Waals surface area (Å²) in [4.78, 5) is 19.1. The van der Waals surface area contributed by atoms with Gasteiger partial charge in [-0.1, -0.05) is 6.07 Å². The molecule has 0 aliphatic rings. The number of phenols is 2. The maximum absolute atomic E-state index is 12.0. The average Bonchev–Trinajstić information content (AvgIpc) is 2.41. The molecule has 0 saturated carbocycles. The number of nitrogens with zero attached hydrogens (tertiary/aromatic N) is 1. The number of aromatic nitrogens is 2. The minimum Gasteiger partial charge on any atom is -0.504 e. The smallest absolute Gasteiger partial charge is 0.259 e. The summed E-state index contributed by atoms with van der Waals surface area (Å²) < 4.78 is 0. The molecule has 2 aromatic carbocycles.